The third-order valence-corrected chi connectivity index (χ3v) is 3.43. The van der Waals surface area contributed by atoms with E-state index < -0.39 is 0 Å². The van der Waals surface area contributed by atoms with Gasteiger partial charge in [0.1, 0.15) is 0 Å². The first-order chi connectivity index (χ1) is 5.33. The van der Waals surface area contributed by atoms with Gasteiger partial charge in [-0.2, -0.15) is 0 Å². The molecule has 0 heterocycles. The lowest BCUT2D eigenvalue weighted by Gasteiger charge is -2.29. The van der Waals surface area contributed by atoms with Crippen molar-refractivity contribution in [3.8, 4) is 0 Å². The van der Waals surface area contributed by atoms with Crippen molar-refractivity contribution in [2.75, 3.05) is 13.2 Å². The van der Waals surface area contributed by atoms with Gasteiger partial charge in [-0.1, -0.05) is 12.2 Å². The summed E-state index contributed by atoms with van der Waals surface area (Å²) in [6.45, 7) is 0.262. The van der Waals surface area contributed by atoms with E-state index in [0.717, 1.165) is 12.8 Å². The van der Waals surface area contributed by atoms with Gasteiger partial charge in [0.15, 0.2) is 0 Å². The summed E-state index contributed by atoms with van der Waals surface area (Å²) in [4.78, 5) is 0. The molecule has 0 aromatic heterocycles. The van der Waals surface area contributed by atoms with Crippen LogP contribution >= 0.6 is 0 Å². The molecule has 2 bridgehead atoms. The summed E-state index contributed by atoms with van der Waals surface area (Å²) in [6.07, 6.45) is 6.59. The second-order valence-corrected chi connectivity index (χ2v) is 3.72. The van der Waals surface area contributed by atoms with Gasteiger partial charge in [-0.05, 0) is 24.7 Å². The molecule has 0 spiro atoms. The zero-order chi connectivity index (χ0) is 7.90. The predicted octanol–water partition coefficient (Wildman–Crippen LogP) is 0.553. The summed E-state index contributed by atoms with van der Waals surface area (Å²) in [5, 5.41) is 18.4. The highest BCUT2D eigenvalue weighted by Crippen LogP contribution is 2.53. The molecule has 1 fully saturated rings. The minimum atomic E-state index is -0.194. The first-order valence-corrected chi connectivity index (χ1v) is 4.23. The predicted molar refractivity (Wildman–Crippen MR) is 42.0 cm³/mol. The Morgan fingerprint density at radius 3 is 1.73 bits per heavy atom. The Bertz CT molecular complexity index is 166. The van der Waals surface area contributed by atoms with E-state index in [2.05, 4.69) is 12.2 Å². The summed E-state index contributed by atoms with van der Waals surface area (Å²) in [6, 6.07) is 0. The van der Waals surface area contributed by atoms with Gasteiger partial charge in [0.2, 0.25) is 0 Å². The van der Waals surface area contributed by atoms with Crippen molar-refractivity contribution in [3.05, 3.63) is 12.2 Å². The highest BCUT2D eigenvalue weighted by atomic mass is 16.3. The standard InChI is InChI=1S/C9H14O2/c10-5-9(6-11)7-1-2-8(9)4-3-7/h1-2,7-8,10-11H,3-6H2/t7-,8+. The van der Waals surface area contributed by atoms with Crippen LogP contribution in [0.5, 0.6) is 0 Å². The van der Waals surface area contributed by atoms with Crippen molar-refractivity contribution < 1.29 is 10.2 Å². The van der Waals surface area contributed by atoms with Crippen molar-refractivity contribution in [2.45, 2.75) is 12.8 Å². The first kappa shape index (κ1) is 7.32. The Morgan fingerprint density at radius 2 is 1.55 bits per heavy atom. The van der Waals surface area contributed by atoms with Crippen LogP contribution in [0, 0.1) is 17.3 Å². The number of aliphatic hydroxyl groups is 2. The van der Waals surface area contributed by atoms with Crippen LogP contribution in [0.3, 0.4) is 0 Å². The Labute approximate surface area is 66.5 Å². The Kier molecular flexibility index (Phi) is 1.55. The van der Waals surface area contributed by atoms with E-state index in [1.807, 2.05) is 0 Å². The number of allylic oxidation sites excluding steroid dienone is 2. The van der Waals surface area contributed by atoms with Crippen LogP contribution in [0.25, 0.3) is 0 Å². The maximum absolute atomic E-state index is 9.20. The van der Waals surface area contributed by atoms with Gasteiger partial charge in [-0.15, -0.1) is 0 Å². The van der Waals surface area contributed by atoms with Crippen molar-refractivity contribution in [2.24, 2.45) is 17.3 Å². The van der Waals surface area contributed by atoms with E-state index in [9.17, 15) is 10.2 Å². The Balaban J connectivity index is 2.27. The van der Waals surface area contributed by atoms with Gasteiger partial charge in [-0.3, -0.25) is 0 Å². The van der Waals surface area contributed by atoms with Crippen LogP contribution in [0.4, 0.5) is 0 Å². The molecule has 0 aromatic rings. The summed E-state index contributed by atoms with van der Waals surface area (Å²) in [5.74, 6) is 0.866. The molecule has 0 aromatic carbocycles. The SMILES string of the molecule is OCC1(CO)[C@@H]2C=C[C@H]1CC2. The van der Waals surface area contributed by atoms with Gasteiger partial charge in [0.05, 0.1) is 13.2 Å². The molecule has 0 radical (unpaired) electrons. The van der Waals surface area contributed by atoms with Crippen LogP contribution in [0.1, 0.15) is 12.8 Å². The summed E-state index contributed by atoms with van der Waals surface area (Å²) >= 11 is 0. The van der Waals surface area contributed by atoms with E-state index in [1.54, 1.807) is 0 Å². The van der Waals surface area contributed by atoms with Crippen molar-refractivity contribution in [1.29, 1.82) is 0 Å². The van der Waals surface area contributed by atoms with Crippen LogP contribution in [-0.2, 0) is 0 Å². The molecule has 2 N–H and O–H groups in total. The fraction of sp³-hybridized carbons (Fsp3) is 0.778. The highest BCUT2D eigenvalue weighted by molar-refractivity contribution is 5.18. The topological polar surface area (TPSA) is 40.5 Å². The van der Waals surface area contributed by atoms with E-state index in [4.69, 9.17) is 0 Å². The van der Waals surface area contributed by atoms with Crippen molar-refractivity contribution in [3.63, 3.8) is 0 Å². The minimum absolute atomic E-state index is 0.131. The first-order valence-electron chi connectivity index (χ1n) is 4.23. The smallest absolute Gasteiger partial charge is 0.0520 e. The van der Waals surface area contributed by atoms with Gasteiger partial charge in [0, 0.05) is 5.41 Å². The lowest BCUT2D eigenvalue weighted by atomic mass is 9.78. The molecule has 2 heteroatoms. The van der Waals surface area contributed by atoms with E-state index in [1.165, 1.54) is 0 Å². The Morgan fingerprint density at radius 1 is 1.09 bits per heavy atom. The van der Waals surface area contributed by atoms with Gasteiger partial charge in [0.25, 0.3) is 0 Å². The van der Waals surface area contributed by atoms with Crippen molar-refractivity contribution in [1.82, 2.24) is 0 Å². The molecule has 2 aliphatic carbocycles. The van der Waals surface area contributed by atoms with Crippen LogP contribution in [0.15, 0.2) is 12.2 Å². The van der Waals surface area contributed by atoms with E-state index in [0.29, 0.717) is 11.8 Å². The number of hydrogen-bond acceptors (Lipinski definition) is 2. The summed E-state index contributed by atoms with van der Waals surface area (Å²) < 4.78 is 0. The normalized spacial score (nSPS) is 38.4. The largest absolute Gasteiger partial charge is 0.396 e. The minimum Gasteiger partial charge on any atom is -0.396 e. The molecule has 0 amide bonds. The molecule has 2 aliphatic rings. The second-order valence-electron chi connectivity index (χ2n) is 3.72. The third-order valence-electron chi connectivity index (χ3n) is 3.43. The lowest BCUT2D eigenvalue weighted by molar-refractivity contribution is 0.0237. The fourth-order valence-electron chi connectivity index (χ4n) is 2.57. The maximum atomic E-state index is 9.20. The van der Waals surface area contributed by atoms with Crippen LogP contribution < -0.4 is 0 Å². The zero-order valence-corrected chi connectivity index (χ0v) is 6.53. The van der Waals surface area contributed by atoms with Crippen LogP contribution in [-0.4, -0.2) is 23.4 Å². The zero-order valence-electron chi connectivity index (χ0n) is 6.53. The third kappa shape index (κ3) is 0.741. The average Bonchev–Trinajstić information content (AvgIpc) is 2.59. The molecule has 2 nitrogen and oxygen atoms in total. The molecular formula is C9H14O2. The molecule has 0 saturated heterocycles. The van der Waals surface area contributed by atoms with E-state index in [-0.39, 0.29) is 18.6 Å². The van der Waals surface area contributed by atoms with Crippen molar-refractivity contribution >= 4 is 0 Å². The molecule has 0 unspecified atom stereocenters. The van der Waals surface area contributed by atoms with Gasteiger partial charge < -0.3 is 10.2 Å². The fourth-order valence-corrected chi connectivity index (χ4v) is 2.57. The quantitative estimate of drug-likeness (QED) is 0.570. The number of aliphatic hydroxyl groups excluding tert-OH is 2. The molecule has 62 valence electrons. The summed E-state index contributed by atoms with van der Waals surface area (Å²) in [5.41, 5.74) is -0.194. The van der Waals surface area contributed by atoms with Gasteiger partial charge in [-0.25, -0.2) is 0 Å². The second kappa shape index (κ2) is 2.32. The van der Waals surface area contributed by atoms with Gasteiger partial charge >= 0.3 is 0 Å². The van der Waals surface area contributed by atoms with E-state index >= 15 is 0 Å². The molecule has 11 heavy (non-hydrogen) atoms. The van der Waals surface area contributed by atoms with Crippen LogP contribution in [0.2, 0.25) is 0 Å². The molecular weight excluding hydrogens is 140 g/mol. The molecule has 2 rings (SSSR count). The summed E-state index contributed by atoms with van der Waals surface area (Å²) in [7, 11) is 0. The number of fused-ring (bicyclic) bond motifs is 2. The molecule has 1 saturated carbocycles. The Hall–Kier alpha value is -0.340. The molecule has 0 aliphatic heterocycles. The monoisotopic (exact) mass is 154 g/mol. The average molecular weight is 154 g/mol. The highest BCUT2D eigenvalue weighted by Gasteiger charge is 2.50. The molecule has 2 atom stereocenters. The lowest BCUT2D eigenvalue weighted by Crippen LogP contribution is -2.35. The number of hydrogen-bond donors (Lipinski definition) is 2. The maximum Gasteiger partial charge on any atom is 0.0520 e. The number of rotatable bonds is 2.